The maximum Gasteiger partial charge on any atom is 0.126 e. The SMILES string of the molecule is C=C/C=C\C(=C(/C=C)OCC1CO1)C(C)(C)Cc1cccc(C(C)(C)CC(=C/C=C\C)/C(=C\C)OCC2CO2)c1OCC1CO1. The van der Waals surface area contributed by atoms with Gasteiger partial charge in [-0.1, -0.05) is 95.5 Å². The Bertz CT molecular complexity index is 1330. The highest BCUT2D eigenvalue weighted by atomic mass is 16.6. The zero-order valence-electron chi connectivity index (χ0n) is 28.1. The average molecular weight is 617 g/mol. The lowest BCUT2D eigenvalue weighted by Gasteiger charge is -2.33. The lowest BCUT2D eigenvalue weighted by molar-refractivity contribution is 0.185. The van der Waals surface area contributed by atoms with Crippen LogP contribution in [0.3, 0.4) is 0 Å². The van der Waals surface area contributed by atoms with Crippen molar-refractivity contribution in [1.82, 2.24) is 0 Å². The molecule has 3 saturated heterocycles. The standard InChI is InChI=1S/C39H52O6/c1-9-13-16-28(35(11-3)43-25-30-22-40-30)20-39(7,8)34-19-15-17-29(37(34)45-27-32-24-42-32)21-38(5,6)33(18-14-10-2)36(12-4)44-26-31-23-41-31/h9-19,30-32H,2,4,20-27H2,1,3,5-8H3/b13-9-,18-14-,28-16-,35-11+,36-33-. The monoisotopic (exact) mass is 616 g/mol. The predicted octanol–water partition coefficient (Wildman–Crippen LogP) is 8.12. The average Bonchev–Trinajstić information content (AvgIpc) is 3.86. The highest BCUT2D eigenvalue weighted by Crippen LogP contribution is 2.44. The smallest absolute Gasteiger partial charge is 0.126 e. The molecule has 45 heavy (non-hydrogen) atoms. The molecule has 0 spiro atoms. The van der Waals surface area contributed by atoms with E-state index in [4.69, 9.17) is 28.4 Å². The first-order chi connectivity index (χ1) is 21.6. The van der Waals surface area contributed by atoms with Crippen LogP contribution < -0.4 is 4.74 Å². The minimum atomic E-state index is -0.321. The predicted molar refractivity (Wildman–Crippen MR) is 181 cm³/mol. The molecule has 3 aliphatic heterocycles. The van der Waals surface area contributed by atoms with Gasteiger partial charge in [0, 0.05) is 11.1 Å². The fourth-order valence-corrected chi connectivity index (χ4v) is 5.46. The Morgan fingerprint density at radius 2 is 1.56 bits per heavy atom. The highest BCUT2D eigenvalue weighted by molar-refractivity contribution is 5.49. The van der Waals surface area contributed by atoms with Crippen molar-refractivity contribution in [2.24, 2.45) is 5.41 Å². The van der Waals surface area contributed by atoms with Gasteiger partial charge in [-0.3, -0.25) is 0 Å². The maximum atomic E-state index is 6.66. The second-order valence-electron chi connectivity index (χ2n) is 13.2. The van der Waals surface area contributed by atoms with Crippen LogP contribution in [-0.4, -0.2) is 58.0 Å². The lowest BCUT2D eigenvalue weighted by Crippen LogP contribution is -2.24. The van der Waals surface area contributed by atoms with E-state index >= 15 is 0 Å². The number of epoxide rings is 3. The third-order valence-corrected chi connectivity index (χ3v) is 8.21. The van der Waals surface area contributed by atoms with Crippen molar-refractivity contribution in [3.05, 3.63) is 114 Å². The molecule has 6 heteroatoms. The van der Waals surface area contributed by atoms with Crippen molar-refractivity contribution in [2.75, 3.05) is 39.6 Å². The van der Waals surface area contributed by atoms with Crippen molar-refractivity contribution in [1.29, 1.82) is 0 Å². The Morgan fingerprint density at radius 1 is 0.911 bits per heavy atom. The summed E-state index contributed by atoms with van der Waals surface area (Å²) in [7, 11) is 0. The van der Waals surface area contributed by atoms with E-state index in [0.29, 0.717) is 19.8 Å². The van der Waals surface area contributed by atoms with Crippen molar-refractivity contribution in [2.45, 2.75) is 78.1 Å². The van der Waals surface area contributed by atoms with E-state index in [0.717, 1.165) is 72.2 Å². The molecule has 3 unspecified atom stereocenters. The fraction of sp³-hybridized carbons (Fsp3) is 0.487. The molecule has 0 aromatic heterocycles. The van der Waals surface area contributed by atoms with Crippen LogP contribution in [-0.2, 0) is 35.5 Å². The van der Waals surface area contributed by atoms with E-state index in [1.165, 1.54) is 0 Å². The summed E-state index contributed by atoms with van der Waals surface area (Å²) < 4.78 is 35.4. The Labute approximate surface area is 270 Å². The summed E-state index contributed by atoms with van der Waals surface area (Å²) in [6.45, 7) is 24.9. The second kappa shape index (κ2) is 15.8. The van der Waals surface area contributed by atoms with Gasteiger partial charge in [-0.15, -0.1) is 0 Å². The largest absolute Gasteiger partial charge is 0.491 e. The van der Waals surface area contributed by atoms with E-state index in [9.17, 15) is 0 Å². The zero-order chi connectivity index (χ0) is 32.5. The number of hydrogen-bond donors (Lipinski definition) is 0. The summed E-state index contributed by atoms with van der Waals surface area (Å²) in [6, 6.07) is 6.52. The molecule has 3 aliphatic rings. The van der Waals surface area contributed by atoms with E-state index in [-0.39, 0.29) is 29.1 Å². The summed E-state index contributed by atoms with van der Waals surface area (Å²) in [5.41, 5.74) is 3.88. The van der Waals surface area contributed by atoms with E-state index in [2.05, 4.69) is 77.3 Å². The highest BCUT2D eigenvalue weighted by Gasteiger charge is 2.34. The van der Waals surface area contributed by atoms with Gasteiger partial charge >= 0.3 is 0 Å². The van der Waals surface area contributed by atoms with E-state index in [1.807, 2.05) is 32.1 Å². The summed E-state index contributed by atoms with van der Waals surface area (Å²) in [5.74, 6) is 2.57. The normalized spacial score (nSPS) is 22.3. The Balaban J connectivity index is 1.69. The lowest BCUT2D eigenvalue weighted by atomic mass is 9.74. The Kier molecular flexibility index (Phi) is 12.1. The first-order valence-electron chi connectivity index (χ1n) is 16.1. The number of para-hydroxylation sites is 1. The van der Waals surface area contributed by atoms with Gasteiger partial charge in [0.1, 0.15) is 55.4 Å². The van der Waals surface area contributed by atoms with Crippen LogP contribution in [0.5, 0.6) is 5.75 Å². The summed E-state index contributed by atoms with van der Waals surface area (Å²) in [4.78, 5) is 0. The van der Waals surface area contributed by atoms with Crippen molar-refractivity contribution in [3.63, 3.8) is 0 Å². The number of rotatable bonds is 20. The molecule has 4 rings (SSSR count). The third-order valence-electron chi connectivity index (χ3n) is 8.21. The molecule has 0 N–H and O–H groups in total. The first kappa shape index (κ1) is 34.6. The first-order valence-corrected chi connectivity index (χ1v) is 16.1. The Hall–Kier alpha value is -3.32. The van der Waals surface area contributed by atoms with Crippen LogP contribution in [0, 0.1) is 5.41 Å². The van der Waals surface area contributed by atoms with Crippen LogP contribution in [0.1, 0.15) is 59.1 Å². The van der Waals surface area contributed by atoms with Gasteiger partial charge in [0.15, 0.2) is 0 Å². The van der Waals surface area contributed by atoms with Crippen molar-refractivity contribution >= 4 is 0 Å². The topological polar surface area (TPSA) is 65.3 Å². The van der Waals surface area contributed by atoms with Gasteiger partial charge in [0.05, 0.1) is 19.8 Å². The molecule has 1 aromatic carbocycles. The Morgan fingerprint density at radius 3 is 2.13 bits per heavy atom. The molecular formula is C39H52O6. The molecular weight excluding hydrogens is 564 g/mol. The quantitative estimate of drug-likeness (QED) is 0.0838. The fourth-order valence-electron chi connectivity index (χ4n) is 5.46. The van der Waals surface area contributed by atoms with Crippen molar-refractivity contribution < 1.29 is 28.4 Å². The number of ether oxygens (including phenoxy) is 6. The molecule has 244 valence electrons. The minimum absolute atomic E-state index is 0.135. The molecule has 0 radical (unpaired) electrons. The summed E-state index contributed by atoms with van der Waals surface area (Å²) >= 11 is 0. The molecule has 3 heterocycles. The molecule has 6 nitrogen and oxygen atoms in total. The van der Waals surface area contributed by atoms with Crippen LogP contribution in [0.15, 0.2) is 103 Å². The van der Waals surface area contributed by atoms with Crippen LogP contribution in [0.4, 0.5) is 0 Å². The summed E-state index contributed by atoms with van der Waals surface area (Å²) in [6.07, 6.45) is 17.9. The van der Waals surface area contributed by atoms with Crippen LogP contribution in [0.2, 0.25) is 0 Å². The maximum absolute atomic E-state index is 6.66. The molecule has 0 amide bonds. The van der Waals surface area contributed by atoms with Crippen molar-refractivity contribution in [3.8, 4) is 5.75 Å². The number of allylic oxidation sites excluding steroid dienone is 10. The molecule has 0 bridgehead atoms. The molecule has 3 atom stereocenters. The van der Waals surface area contributed by atoms with Gasteiger partial charge in [-0.25, -0.2) is 0 Å². The van der Waals surface area contributed by atoms with Gasteiger partial charge < -0.3 is 28.4 Å². The molecule has 3 fully saturated rings. The van der Waals surface area contributed by atoms with Gasteiger partial charge in [0.25, 0.3) is 0 Å². The van der Waals surface area contributed by atoms with Gasteiger partial charge in [-0.2, -0.15) is 0 Å². The number of hydrogen-bond acceptors (Lipinski definition) is 6. The van der Waals surface area contributed by atoms with Crippen LogP contribution >= 0.6 is 0 Å². The minimum Gasteiger partial charge on any atom is -0.491 e. The molecule has 1 aromatic rings. The molecule has 0 saturated carbocycles. The van der Waals surface area contributed by atoms with E-state index < -0.39 is 0 Å². The molecule has 0 aliphatic carbocycles. The van der Waals surface area contributed by atoms with Gasteiger partial charge in [-0.05, 0) is 60.8 Å². The van der Waals surface area contributed by atoms with Crippen LogP contribution in [0.25, 0.3) is 0 Å². The zero-order valence-corrected chi connectivity index (χ0v) is 28.1. The third kappa shape index (κ3) is 10.4. The number of benzene rings is 1. The van der Waals surface area contributed by atoms with Gasteiger partial charge in [0.2, 0.25) is 0 Å². The van der Waals surface area contributed by atoms with E-state index in [1.54, 1.807) is 12.2 Å². The summed E-state index contributed by atoms with van der Waals surface area (Å²) in [5, 5.41) is 0. The second-order valence-corrected chi connectivity index (χ2v) is 13.2.